The van der Waals surface area contributed by atoms with Crippen LogP contribution < -0.4 is 10.5 Å². The number of ether oxygens (including phenoxy) is 2. The van der Waals surface area contributed by atoms with Crippen LogP contribution in [0.3, 0.4) is 0 Å². The van der Waals surface area contributed by atoms with Gasteiger partial charge < -0.3 is 15.2 Å². The number of benzene rings is 2. The van der Waals surface area contributed by atoms with Crippen LogP contribution in [0.1, 0.15) is 12.8 Å². The van der Waals surface area contributed by atoms with E-state index in [0.717, 1.165) is 31.7 Å². The topological polar surface area (TPSA) is 47.7 Å². The zero-order valence-electron chi connectivity index (χ0n) is 14.2. The highest BCUT2D eigenvalue weighted by atomic mass is 35.5. The van der Waals surface area contributed by atoms with E-state index in [-0.39, 0.29) is 12.4 Å². The standard InChI is InChI=1S/C19H26N2O2.ClH/c1-22-18-8-9-21(17(13-18)14-20)10-11-23-19-7-6-15-4-2-3-5-16(15)12-19;/h2-7,12,17-18H,8-11,13-14,20H2,1H3;1H. The highest BCUT2D eigenvalue weighted by Crippen LogP contribution is 2.21. The van der Waals surface area contributed by atoms with Crippen molar-refractivity contribution < 1.29 is 9.47 Å². The van der Waals surface area contributed by atoms with Gasteiger partial charge in [0, 0.05) is 32.8 Å². The lowest BCUT2D eigenvalue weighted by Crippen LogP contribution is -2.49. The van der Waals surface area contributed by atoms with Crippen LogP contribution in [0.4, 0.5) is 0 Å². The van der Waals surface area contributed by atoms with Crippen molar-refractivity contribution in [2.24, 2.45) is 5.73 Å². The molecule has 1 aliphatic rings. The fourth-order valence-electron chi connectivity index (χ4n) is 3.35. The van der Waals surface area contributed by atoms with E-state index in [1.807, 2.05) is 6.07 Å². The molecule has 2 unspecified atom stereocenters. The monoisotopic (exact) mass is 350 g/mol. The van der Waals surface area contributed by atoms with Gasteiger partial charge in [0.2, 0.25) is 0 Å². The quantitative estimate of drug-likeness (QED) is 0.869. The molecule has 0 aromatic heterocycles. The van der Waals surface area contributed by atoms with E-state index >= 15 is 0 Å². The Labute approximate surface area is 150 Å². The van der Waals surface area contributed by atoms with Gasteiger partial charge in [-0.1, -0.05) is 30.3 Å². The molecule has 0 bridgehead atoms. The first-order valence-electron chi connectivity index (χ1n) is 8.38. The number of fused-ring (bicyclic) bond motifs is 1. The van der Waals surface area contributed by atoms with E-state index in [4.69, 9.17) is 15.2 Å². The Balaban J connectivity index is 0.00000208. The van der Waals surface area contributed by atoms with Crippen molar-refractivity contribution in [2.45, 2.75) is 25.0 Å². The third kappa shape index (κ3) is 4.61. The molecule has 1 fully saturated rings. The number of halogens is 1. The summed E-state index contributed by atoms with van der Waals surface area (Å²) in [4.78, 5) is 2.43. The summed E-state index contributed by atoms with van der Waals surface area (Å²) in [5.41, 5.74) is 5.92. The van der Waals surface area contributed by atoms with Gasteiger partial charge in [-0.25, -0.2) is 0 Å². The minimum Gasteiger partial charge on any atom is -0.492 e. The van der Waals surface area contributed by atoms with Crippen LogP contribution >= 0.6 is 12.4 Å². The third-order valence-corrected chi connectivity index (χ3v) is 4.76. The molecule has 1 aliphatic heterocycles. The number of likely N-dealkylation sites (tertiary alicyclic amines) is 1. The second-order valence-electron chi connectivity index (χ2n) is 6.17. The van der Waals surface area contributed by atoms with E-state index in [1.54, 1.807) is 7.11 Å². The summed E-state index contributed by atoms with van der Waals surface area (Å²) in [6.45, 7) is 3.30. The molecular weight excluding hydrogens is 324 g/mol. The Kier molecular flexibility index (Phi) is 7.31. The molecular formula is C19H27ClN2O2. The average Bonchev–Trinajstić information content (AvgIpc) is 2.61. The van der Waals surface area contributed by atoms with Crippen LogP contribution in [0.5, 0.6) is 5.75 Å². The van der Waals surface area contributed by atoms with E-state index < -0.39 is 0 Å². The van der Waals surface area contributed by atoms with Crippen LogP contribution in [0.25, 0.3) is 10.8 Å². The molecule has 2 aromatic carbocycles. The molecule has 0 saturated carbocycles. The lowest BCUT2D eigenvalue weighted by atomic mass is 9.99. The van der Waals surface area contributed by atoms with Gasteiger partial charge in [0.15, 0.2) is 0 Å². The van der Waals surface area contributed by atoms with Gasteiger partial charge in [-0.3, -0.25) is 4.90 Å². The van der Waals surface area contributed by atoms with Crippen molar-refractivity contribution in [1.29, 1.82) is 0 Å². The van der Waals surface area contributed by atoms with Crippen LogP contribution in [-0.4, -0.2) is 50.4 Å². The SMILES string of the molecule is COC1CCN(CCOc2ccc3ccccc3c2)C(CN)C1.Cl. The molecule has 1 heterocycles. The van der Waals surface area contributed by atoms with E-state index in [9.17, 15) is 0 Å². The van der Waals surface area contributed by atoms with Gasteiger partial charge in [-0.05, 0) is 35.7 Å². The maximum Gasteiger partial charge on any atom is 0.120 e. The normalized spacial score (nSPS) is 21.4. The first-order chi connectivity index (χ1) is 11.3. The number of methoxy groups -OCH3 is 1. The minimum absolute atomic E-state index is 0. The molecule has 5 heteroatoms. The van der Waals surface area contributed by atoms with Crippen molar-refractivity contribution in [3.8, 4) is 5.75 Å². The Hall–Kier alpha value is -1.33. The van der Waals surface area contributed by atoms with Gasteiger partial charge >= 0.3 is 0 Å². The number of hydrogen-bond acceptors (Lipinski definition) is 4. The predicted molar refractivity (Wildman–Crippen MR) is 101 cm³/mol. The van der Waals surface area contributed by atoms with Gasteiger partial charge in [-0.2, -0.15) is 0 Å². The molecule has 1 saturated heterocycles. The first kappa shape index (κ1) is 19.0. The average molecular weight is 351 g/mol. The molecule has 2 N–H and O–H groups in total. The number of piperidine rings is 1. The predicted octanol–water partition coefficient (Wildman–Crippen LogP) is 3.08. The summed E-state index contributed by atoms with van der Waals surface area (Å²) in [7, 11) is 1.79. The number of nitrogens with zero attached hydrogens (tertiary/aromatic N) is 1. The molecule has 0 amide bonds. The Morgan fingerprint density at radius 1 is 1.17 bits per heavy atom. The van der Waals surface area contributed by atoms with Crippen LogP contribution in [-0.2, 0) is 4.74 Å². The molecule has 24 heavy (non-hydrogen) atoms. The Bertz CT molecular complexity index is 638. The zero-order chi connectivity index (χ0) is 16.1. The largest absolute Gasteiger partial charge is 0.492 e. The fourth-order valence-corrected chi connectivity index (χ4v) is 3.35. The maximum absolute atomic E-state index is 5.95. The summed E-state index contributed by atoms with van der Waals surface area (Å²) >= 11 is 0. The summed E-state index contributed by atoms with van der Waals surface area (Å²) < 4.78 is 11.4. The lowest BCUT2D eigenvalue weighted by molar-refractivity contribution is 0.00923. The molecule has 2 aromatic rings. The smallest absolute Gasteiger partial charge is 0.120 e. The van der Waals surface area contributed by atoms with E-state index in [2.05, 4.69) is 41.3 Å². The van der Waals surface area contributed by atoms with Gasteiger partial charge in [0.05, 0.1) is 6.10 Å². The van der Waals surface area contributed by atoms with Crippen molar-refractivity contribution in [1.82, 2.24) is 4.90 Å². The van der Waals surface area contributed by atoms with Crippen molar-refractivity contribution in [2.75, 3.05) is 33.4 Å². The van der Waals surface area contributed by atoms with Gasteiger partial charge in [-0.15, -0.1) is 12.4 Å². The summed E-state index contributed by atoms with van der Waals surface area (Å²) in [6.07, 6.45) is 2.44. The third-order valence-electron chi connectivity index (χ3n) is 4.76. The van der Waals surface area contributed by atoms with Crippen LogP contribution in [0.2, 0.25) is 0 Å². The Morgan fingerprint density at radius 3 is 2.71 bits per heavy atom. The maximum atomic E-state index is 5.95. The number of rotatable bonds is 6. The van der Waals surface area contributed by atoms with Gasteiger partial charge in [0.25, 0.3) is 0 Å². The van der Waals surface area contributed by atoms with Crippen LogP contribution in [0.15, 0.2) is 42.5 Å². The van der Waals surface area contributed by atoms with Crippen molar-refractivity contribution in [3.63, 3.8) is 0 Å². The van der Waals surface area contributed by atoms with Crippen molar-refractivity contribution >= 4 is 23.2 Å². The molecule has 132 valence electrons. The first-order valence-corrected chi connectivity index (χ1v) is 8.38. The molecule has 0 radical (unpaired) electrons. The lowest BCUT2D eigenvalue weighted by Gasteiger charge is -2.38. The molecule has 4 nitrogen and oxygen atoms in total. The second-order valence-corrected chi connectivity index (χ2v) is 6.17. The van der Waals surface area contributed by atoms with E-state index in [1.165, 1.54) is 10.8 Å². The zero-order valence-corrected chi connectivity index (χ0v) is 15.0. The number of nitrogens with two attached hydrogens (primary N) is 1. The summed E-state index contributed by atoms with van der Waals surface area (Å²) in [5.74, 6) is 0.930. The molecule has 0 aliphatic carbocycles. The summed E-state index contributed by atoms with van der Waals surface area (Å²) in [6, 6.07) is 15.0. The molecule has 2 atom stereocenters. The van der Waals surface area contributed by atoms with Crippen LogP contribution in [0, 0.1) is 0 Å². The molecule has 3 rings (SSSR count). The number of hydrogen-bond donors (Lipinski definition) is 1. The van der Waals surface area contributed by atoms with Crippen molar-refractivity contribution in [3.05, 3.63) is 42.5 Å². The highest BCUT2D eigenvalue weighted by molar-refractivity contribution is 5.85. The van der Waals surface area contributed by atoms with E-state index in [0.29, 0.717) is 25.3 Å². The highest BCUT2D eigenvalue weighted by Gasteiger charge is 2.27. The molecule has 0 spiro atoms. The second kappa shape index (κ2) is 9.23. The minimum atomic E-state index is 0. The van der Waals surface area contributed by atoms with Gasteiger partial charge in [0.1, 0.15) is 12.4 Å². The Morgan fingerprint density at radius 2 is 1.96 bits per heavy atom. The fraction of sp³-hybridized carbons (Fsp3) is 0.474. The summed E-state index contributed by atoms with van der Waals surface area (Å²) in [5, 5.41) is 2.45.